The quantitative estimate of drug-likeness (QED) is 0.432. The lowest BCUT2D eigenvalue weighted by molar-refractivity contribution is 0.267. The van der Waals surface area contributed by atoms with E-state index in [0.717, 1.165) is 23.4 Å². The Morgan fingerprint density at radius 2 is 2.00 bits per heavy atom. The number of ether oxygens (including phenoxy) is 1. The molecule has 16 heavy (non-hydrogen) atoms. The van der Waals surface area contributed by atoms with Crippen molar-refractivity contribution in [2.45, 2.75) is 20.3 Å². The normalized spacial score (nSPS) is 11.8. The molecule has 0 bridgehead atoms. The molecule has 0 aliphatic rings. The van der Waals surface area contributed by atoms with Crippen molar-refractivity contribution in [3.05, 3.63) is 42.2 Å². The van der Waals surface area contributed by atoms with Gasteiger partial charge in [-0.15, -0.1) is 0 Å². The summed E-state index contributed by atoms with van der Waals surface area (Å²) in [6.07, 6.45) is 4.17. The van der Waals surface area contributed by atoms with Crippen molar-refractivity contribution < 1.29 is 9.57 Å². The van der Waals surface area contributed by atoms with Gasteiger partial charge in [0.25, 0.3) is 0 Å². The van der Waals surface area contributed by atoms with E-state index in [0.29, 0.717) is 0 Å². The summed E-state index contributed by atoms with van der Waals surface area (Å²) in [7, 11) is 1.65. The van der Waals surface area contributed by atoms with Crippen LogP contribution in [0.2, 0.25) is 0 Å². The predicted molar refractivity (Wildman–Crippen MR) is 65.7 cm³/mol. The van der Waals surface area contributed by atoms with Crippen molar-refractivity contribution in [2.24, 2.45) is 5.16 Å². The Hall–Kier alpha value is -1.77. The van der Waals surface area contributed by atoms with Crippen LogP contribution in [-0.2, 0) is 4.84 Å². The Kier molecular flexibility index (Phi) is 5.12. The van der Waals surface area contributed by atoms with E-state index in [4.69, 9.17) is 9.57 Å². The maximum atomic E-state index is 5.10. The van der Waals surface area contributed by atoms with Gasteiger partial charge >= 0.3 is 0 Å². The first-order valence-corrected chi connectivity index (χ1v) is 5.30. The summed E-state index contributed by atoms with van der Waals surface area (Å²) in [5.74, 6) is 0.841. The molecule has 0 atom stereocenters. The highest BCUT2D eigenvalue weighted by Crippen LogP contribution is 2.13. The van der Waals surface area contributed by atoms with Crippen LogP contribution >= 0.6 is 0 Å². The van der Waals surface area contributed by atoms with Crippen LogP contribution in [0, 0.1) is 0 Å². The molecule has 0 spiro atoms. The minimum Gasteiger partial charge on any atom is -0.497 e. The average Bonchev–Trinajstić information content (AvgIpc) is 2.35. The van der Waals surface area contributed by atoms with Gasteiger partial charge in [-0.1, -0.05) is 12.1 Å². The summed E-state index contributed by atoms with van der Waals surface area (Å²) in [6, 6.07) is 7.77. The Balaban J connectivity index is 2.82. The molecule has 86 valence electrons. The molecule has 1 aromatic carbocycles. The standard InChI is InChI=1S/C13H17NO2/c1-4-10-16-14-13(5-2)11-6-8-12(15-3)9-7-11/h4,6-10H,5H2,1-3H3/b10-4?,14-13+. The van der Waals surface area contributed by atoms with Gasteiger partial charge < -0.3 is 9.57 Å². The number of nitrogens with zero attached hydrogens (tertiary/aromatic N) is 1. The maximum Gasteiger partial charge on any atom is 0.118 e. The molecule has 0 N–H and O–H groups in total. The van der Waals surface area contributed by atoms with Crippen LogP contribution in [0.5, 0.6) is 5.75 Å². The lowest BCUT2D eigenvalue weighted by Gasteiger charge is -2.04. The summed E-state index contributed by atoms with van der Waals surface area (Å²) in [5.41, 5.74) is 1.97. The molecule has 0 radical (unpaired) electrons. The van der Waals surface area contributed by atoms with Crippen LogP contribution in [-0.4, -0.2) is 12.8 Å². The zero-order valence-corrected chi connectivity index (χ0v) is 9.93. The summed E-state index contributed by atoms with van der Waals surface area (Å²) in [6.45, 7) is 3.93. The first kappa shape index (κ1) is 12.3. The fraction of sp³-hybridized carbons (Fsp3) is 0.308. The summed E-state index contributed by atoms with van der Waals surface area (Å²) in [5, 5.41) is 4.05. The van der Waals surface area contributed by atoms with Crippen LogP contribution in [0.3, 0.4) is 0 Å². The van der Waals surface area contributed by atoms with Gasteiger partial charge in [-0.05, 0) is 49.2 Å². The third-order valence-corrected chi connectivity index (χ3v) is 2.12. The Morgan fingerprint density at radius 3 is 2.50 bits per heavy atom. The number of allylic oxidation sites excluding steroid dienone is 1. The molecular weight excluding hydrogens is 202 g/mol. The highest BCUT2D eigenvalue weighted by molar-refractivity contribution is 6.00. The lowest BCUT2D eigenvalue weighted by Crippen LogP contribution is -1.99. The molecule has 0 fully saturated rings. The monoisotopic (exact) mass is 219 g/mol. The predicted octanol–water partition coefficient (Wildman–Crippen LogP) is 3.36. The van der Waals surface area contributed by atoms with Crippen LogP contribution in [0.15, 0.2) is 41.8 Å². The second kappa shape index (κ2) is 6.67. The van der Waals surface area contributed by atoms with E-state index in [2.05, 4.69) is 5.16 Å². The largest absolute Gasteiger partial charge is 0.497 e. The molecule has 0 heterocycles. The zero-order valence-electron chi connectivity index (χ0n) is 9.93. The molecular formula is C13H17NO2. The number of hydrogen-bond donors (Lipinski definition) is 0. The van der Waals surface area contributed by atoms with Gasteiger partial charge in [0.15, 0.2) is 0 Å². The zero-order chi connectivity index (χ0) is 11.8. The van der Waals surface area contributed by atoms with E-state index in [1.165, 1.54) is 0 Å². The SMILES string of the molecule is CC=CO/N=C(\CC)c1ccc(OC)cc1. The van der Waals surface area contributed by atoms with Crippen molar-refractivity contribution in [1.82, 2.24) is 0 Å². The number of rotatable bonds is 5. The molecule has 0 unspecified atom stereocenters. The van der Waals surface area contributed by atoms with Gasteiger partial charge in [0, 0.05) is 0 Å². The molecule has 3 heteroatoms. The summed E-state index contributed by atoms with van der Waals surface area (Å²) < 4.78 is 5.10. The fourth-order valence-electron chi connectivity index (χ4n) is 1.26. The van der Waals surface area contributed by atoms with E-state index in [-0.39, 0.29) is 0 Å². The third-order valence-electron chi connectivity index (χ3n) is 2.12. The third kappa shape index (κ3) is 3.42. The second-order valence-corrected chi connectivity index (χ2v) is 3.19. The molecule has 1 rings (SSSR count). The Morgan fingerprint density at radius 1 is 1.31 bits per heavy atom. The molecule has 0 aliphatic heterocycles. The van der Waals surface area contributed by atoms with Crippen molar-refractivity contribution in [3.8, 4) is 5.75 Å². The number of hydrogen-bond acceptors (Lipinski definition) is 3. The minimum absolute atomic E-state index is 0.823. The van der Waals surface area contributed by atoms with Crippen LogP contribution in [0.25, 0.3) is 0 Å². The molecule has 1 aromatic rings. The van der Waals surface area contributed by atoms with Crippen LogP contribution < -0.4 is 4.74 Å². The van der Waals surface area contributed by atoms with E-state index >= 15 is 0 Å². The van der Waals surface area contributed by atoms with Gasteiger partial charge in [-0.2, -0.15) is 0 Å². The minimum atomic E-state index is 0.823. The summed E-state index contributed by atoms with van der Waals surface area (Å²) in [4.78, 5) is 5.02. The summed E-state index contributed by atoms with van der Waals surface area (Å²) >= 11 is 0. The second-order valence-electron chi connectivity index (χ2n) is 3.19. The van der Waals surface area contributed by atoms with Gasteiger partial charge in [0.1, 0.15) is 12.0 Å². The van der Waals surface area contributed by atoms with Crippen molar-refractivity contribution in [3.63, 3.8) is 0 Å². The van der Waals surface area contributed by atoms with Crippen LogP contribution in [0.1, 0.15) is 25.8 Å². The van der Waals surface area contributed by atoms with E-state index in [9.17, 15) is 0 Å². The molecule has 0 saturated carbocycles. The van der Waals surface area contributed by atoms with Crippen molar-refractivity contribution in [1.29, 1.82) is 0 Å². The topological polar surface area (TPSA) is 30.8 Å². The number of oxime groups is 1. The van der Waals surface area contributed by atoms with E-state index in [1.54, 1.807) is 19.4 Å². The molecule has 0 saturated heterocycles. The van der Waals surface area contributed by atoms with E-state index < -0.39 is 0 Å². The highest BCUT2D eigenvalue weighted by Gasteiger charge is 2.01. The number of methoxy groups -OCH3 is 1. The average molecular weight is 219 g/mol. The van der Waals surface area contributed by atoms with Gasteiger partial charge in [-0.3, -0.25) is 0 Å². The molecule has 0 aliphatic carbocycles. The highest BCUT2D eigenvalue weighted by atomic mass is 16.6. The maximum absolute atomic E-state index is 5.10. The molecule has 3 nitrogen and oxygen atoms in total. The first-order chi connectivity index (χ1) is 7.81. The smallest absolute Gasteiger partial charge is 0.118 e. The van der Waals surface area contributed by atoms with Gasteiger partial charge in [0.2, 0.25) is 0 Å². The fourth-order valence-corrected chi connectivity index (χ4v) is 1.26. The van der Waals surface area contributed by atoms with E-state index in [1.807, 2.05) is 38.1 Å². The first-order valence-electron chi connectivity index (χ1n) is 5.30. The molecule has 0 aromatic heterocycles. The number of benzene rings is 1. The Bertz CT molecular complexity index is 366. The van der Waals surface area contributed by atoms with Gasteiger partial charge in [-0.25, -0.2) is 0 Å². The van der Waals surface area contributed by atoms with Gasteiger partial charge in [0.05, 0.1) is 12.8 Å². The van der Waals surface area contributed by atoms with Crippen molar-refractivity contribution >= 4 is 5.71 Å². The van der Waals surface area contributed by atoms with Crippen LogP contribution in [0.4, 0.5) is 0 Å². The Labute approximate surface area is 96.4 Å². The van der Waals surface area contributed by atoms with Crippen molar-refractivity contribution in [2.75, 3.05) is 7.11 Å². The lowest BCUT2D eigenvalue weighted by atomic mass is 10.1. The molecule has 0 amide bonds.